The topological polar surface area (TPSA) is 80.9 Å². The molecule has 2 rings (SSSR count). The Balaban J connectivity index is 2.08. The third kappa shape index (κ3) is 2.84. The Hall–Kier alpha value is -1.95. The van der Waals surface area contributed by atoms with Crippen molar-refractivity contribution in [3.8, 4) is 0 Å². The minimum atomic E-state index is -0.162. The Morgan fingerprint density at radius 2 is 2.33 bits per heavy atom. The van der Waals surface area contributed by atoms with E-state index >= 15 is 0 Å². The molecule has 0 saturated carbocycles. The number of thiazole rings is 1. The Kier molecular flexibility index (Phi) is 3.88. The van der Waals surface area contributed by atoms with Gasteiger partial charge in [0.1, 0.15) is 10.8 Å². The summed E-state index contributed by atoms with van der Waals surface area (Å²) in [6.45, 7) is 2.01. The third-order valence-electron chi connectivity index (χ3n) is 2.51. The predicted molar refractivity (Wildman–Crippen MR) is 71.3 cm³/mol. The van der Waals surface area contributed by atoms with E-state index in [1.54, 1.807) is 18.3 Å². The van der Waals surface area contributed by atoms with Crippen molar-refractivity contribution in [2.75, 3.05) is 5.73 Å². The number of nitrogens with zero attached hydrogens (tertiary/aromatic N) is 2. The number of nitrogens with two attached hydrogens (primary N) is 1. The Labute approximate surface area is 109 Å². The first-order valence-electron chi connectivity index (χ1n) is 5.62. The molecule has 0 aliphatic rings. The molecule has 1 unspecified atom stereocenters. The first kappa shape index (κ1) is 12.5. The van der Waals surface area contributed by atoms with E-state index in [-0.39, 0.29) is 11.9 Å². The average molecular weight is 262 g/mol. The van der Waals surface area contributed by atoms with Crippen molar-refractivity contribution < 1.29 is 4.79 Å². The van der Waals surface area contributed by atoms with Crippen molar-refractivity contribution in [3.63, 3.8) is 0 Å². The fourth-order valence-corrected chi connectivity index (χ4v) is 2.30. The monoisotopic (exact) mass is 262 g/mol. The van der Waals surface area contributed by atoms with E-state index in [1.807, 2.05) is 12.3 Å². The molecule has 2 heterocycles. The van der Waals surface area contributed by atoms with E-state index in [9.17, 15) is 4.79 Å². The van der Waals surface area contributed by atoms with Gasteiger partial charge < -0.3 is 11.1 Å². The van der Waals surface area contributed by atoms with Gasteiger partial charge >= 0.3 is 0 Å². The van der Waals surface area contributed by atoms with Gasteiger partial charge in [-0.2, -0.15) is 0 Å². The van der Waals surface area contributed by atoms with Crippen LogP contribution in [0.15, 0.2) is 29.9 Å². The van der Waals surface area contributed by atoms with Crippen molar-refractivity contribution >= 4 is 23.1 Å². The lowest BCUT2D eigenvalue weighted by Gasteiger charge is -2.14. The third-order valence-corrected chi connectivity index (χ3v) is 3.40. The lowest BCUT2D eigenvalue weighted by atomic mass is 10.2. The van der Waals surface area contributed by atoms with Gasteiger partial charge in [-0.1, -0.05) is 6.92 Å². The Morgan fingerprint density at radius 1 is 1.50 bits per heavy atom. The maximum atomic E-state index is 12.0. The van der Waals surface area contributed by atoms with Gasteiger partial charge in [0.05, 0.1) is 11.6 Å². The molecule has 0 aliphatic heterocycles. The summed E-state index contributed by atoms with van der Waals surface area (Å²) in [5.41, 5.74) is 5.98. The van der Waals surface area contributed by atoms with Crippen LogP contribution in [-0.2, 0) is 0 Å². The van der Waals surface area contributed by atoms with Crippen LogP contribution in [0.2, 0.25) is 0 Å². The molecule has 2 aromatic rings. The second-order valence-corrected chi connectivity index (χ2v) is 4.70. The fraction of sp³-hybridized carbons (Fsp3) is 0.250. The second-order valence-electron chi connectivity index (χ2n) is 3.78. The van der Waals surface area contributed by atoms with E-state index in [1.165, 1.54) is 17.5 Å². The molecule has 0 fully saturated rings. The highest BCUT2D eigenvalue weighted by molar-refractivity contribution is 7.09. The van der Waals surface area contributed by atoms with Gasteiger partial charge in [-0.05, 0) is 18.6 Å². The van der Waals surface area contributed by atoms with Gasteiger partial charge in [-0.25, -0.2) is 9.97 Å². The molecule has 94 valence electrons. The summed E-state index contributed by atoms with van der Waals surface area (Å²) in [7, 11) is 0. The molecule has 0 aliphatic carbocycles. The van der Waals surface area contributed by atoms with Crippen LogP contribution in [0.3, 0.4) is 0 Å². The van der Waals surface area contributed by atoms with E-state index in [0.717, 1.165) is 11.4 Å². The molecule has 18 heavy (non-hydrogen) atoms. The van der Waals surface area contributed by atoms with Crippen LogP contribution >= 0.6 is 11.3 Å². The van der Waals surface area contributed by atoms with E-state index in [4.69, 9.17) is 5.73 Å². The molecule has 2 aromatic heterocycles. The highest BCUT2D eigenvalue weighted by Gasteiger charge is 2.16. The summed E-state index contributed by atoms with van der Waals surface area (Å²) in [4.78, 5) is 20.1. The molecule has 1 amide bonds. The van der Waals surface area contributed by atoms with Crippen LogP contribution in [0.1, 0.15) is 34.8 Å². The lowest BCUT2D eigenvalue weighted by molar-refractivity contribution is 0.0935. The highest BCUT2D eigenvalue weighted by atomic mass is 32.1. The van der Waals surface area contributed by atoms with Gasteiger partial charge in [0.15, 0.2) is 0 Å². The van der Waals surface area contributed by atoms with Crippen molar-refractivity contribution in [1.29, 1.82) is 0 Å². The molecule has 1 atom stereocenters. The van der Waals surface area contributed by atoms with Crippen LogP contribution in [0.25, 0.3) is 0 Å². The zero-order valence-electron chi connectivity index (χ0n) is 9.96. The second kappa shape index (κ2) is 5.59. The van der Waals surface area contributed by atoms with Crippen LogP contribution in [0, 0.1) is 0 Å². The molecule has 3 N–H and O–H groups in total. The molecule has 5 nitrogen and oxygen atoms in total. The summed E-state index contributed by atoms with van der Waals surface area (Å²) in [5.74, 6) is 0.239. The van der Waals surface area contributed by atoms with Gasteiger partial charge in [-0.3, -0.25) is 4.79 Å². The molecule has 0 bridgehead atoms. The number of hydrogen-bond acceptors (Lipinski definition) is 5. The highest BCUT2D eigenvalue weighted by Crippen LogP contribution is 2.19. The number of nitrogen functional groups attached to an aromatic ring is 1. The minimum Gasteiger partial charge on any atom is -0.384 e. The first-order chi connectivity index (χ1) is 8.70. The number of rotatable bonds is 4. The minimum absolute atomic E-state index is 0.0601. The van der Waals surface area contributed by atoms with Crippen molar-refractivity contribution in [2.24, 2.45) is 0 Å². The van der Waals surface area contributed by atoms with Crippen LogP contribution < -0.4 is 11.1 Å². The lowest BCUT2D eigenvalue weighted by Crippen LogP contribution is -2.28. The van der Waals surface area contributed by atoms with Crippen molar-refractivity contribution in [3.05, 3.63) is 40.5 Å². The summed E-state index contributed by atoms with van der Waals surface area (Å²) in [5, 5.41) is 5.74. The number of hydrogen-bond donors (Lipinski definition) is 2. The number of nitrogens with one attached hydrogen (secondary N) is 1. The number of carbonyl (C=O) groups excluding carboxylic acids is 1. The number of carbonyl (C=O) groups is 1. The van der Waals surface area contributed by atoms with Crippen molar-refractivity contribution in [2.45, 2.75) is 19.4 Å². The van der Waals surface area contributed by atoms with Gasteiger partial charge in [-0.15, -0.1) is 11.3 Å². The Morgan fingerprint density at radius 3 is 2.89 bits per heavy atom. The predicted octanol–water partition coefficient (Wildman–Crippen LogP) is 2.00. The molecule has 0 aromatic carbocycles. The van der Waals surface area contributed by atoms with Crippen LogP contribution in [0.5, 0.6) is 0 Å². The number of amides is 1. The fourth-order valence-electron chi connectivity index (χ4n) is 1.53. The molecule has 6 heteroatoms. The maximum Gasteiger partial charge on any atom is 0.253 e. The van der Waals surface area contributed by atoms with Crippen LogP contribution in [0.4, 0.5) is 5.82 Å². The standard InChI is InChI=1S/C12H14N4OS/c1-2-9(12-14-5-6-18-12)16-11(17)8-3-4-10(13)15-7-8/h3-7,9H,2H2,1H3,(H2,13,15)(H,16,17). The molecule has 0 radical (unpaired) electrons. The van der Waals surface area contributed by atoms with E-state index < -0.39 is 0 Å². The average Bonchev–Trinajstić information content (AvgIpc) is 2.90. The molecule has 0 saturated heterocycles. The summed E-state index contributed by atoms with van der Waals surface area (Å²) < 4.78 is 0. The smallest absolute Gasteiger partial charge is 0.253 e. The van der Waals surface area contributed by atoms with Gasteiger partial charge in [0.2, 0.25) is 0 Å². The molecular formula is C12H14N4OS. The normalized spacial score (nSPS) is 12.1. The van der Waals surface area contributed by atoms with Gasteiger partial charge in [0.25, 0.3) is 5.91 Å². The number of aromatic nitrogens is 2. The zero-order valence-corrected chi connectivity index (χ0v) is 10.8. The van der Waals surface area contributed by atoms with Crippen LogP contribution in [-0.4, -0.2) is 15.9 Å². The quantitative estimate of drug-likeness (QED) is 0.883. The summed E-state index contributed by atoms with van der Waals surface area (Å²) >= 11 is 1.53. The summed E-state index contributed by atoms with van der Waals surface area (Å²) in [6, 6.07) is 3.21. The molecule has 0 spiro atoms. The molecular weight excluding hydrogens is 248 g/mol. The maximum absolute atomic E-state index is 12.0. The van der Waals surface area contributed by atoms with E-state index in [2.05, 4.69) is 15.3 Å². The summed E-state index contributed by atoms with van der Waals surface area (Å²) in [6.07, 6.45) is 4.00. The number of anilines is 1. The van der Waals surface area contributed by atoms with E-state index in [0.29, 0.717) is 11.4 Å². The van der Waals surface area contributed by atoms with Crippen molar-refractivity contribution in [1.82, 2.24) is 15.3 Å². The Bertz CT molecular complexity index is 509. The number of pyridine rings is 1. The van der Waals surface area contributed by atoms with Gasteiger partial charge in [0, 0.05) is 17.8 Å². The largest absolute Gasteiger partial charge is 0.384 e. The zero-order chi connectivity index (χ0) is 13.0. The SMILES string of the molecule is CCC(NC(=O)c1ccc(N)nc1)c1nccs1. The first-order valence-corrected chi connectivity index (χ1v) is 6.50.